The van der Waals surface area contributed by atoms with Crippen LogP contribution in [0.2, 0.25) is 0 Å². The molecule has 4 rings (SSSR count). The zero-order valence-electron chi connectivity index (χ0n) is 16.6. The van der Waals surface area contributed by atoms with E-state index in [0.29, 0.717) is 13.2 Å². The van der Waals surface area contributed by atoms with E-state index in [-0.39, 0.29) is 30.1 Å². The fraction of sp³-hybridized carbons (Fsp3) is 0.333. The van der Waals surface area contributed by atoms with Crippen molar-refractivity contribution >= 4 is 35.6 Å². The van der Waals surface area contributed by atoms with Gasteiger partial charge in [0.2, 0.25) is 0 Å². The molecule has 8 heteroatoms. The quantitative estimate of drug-likeness (QED) is 0.316. The van der Waals surface area contributed by atoms with Crippen molar-refractivity contribution in [2.24, 2.45) is 4.99 Å². The molecule has 1 aliphatic rings. The number of para-hydroxylation sites is 2. The lowest BCUT2D eigenvalue weighted by Gasteiger charge is -2.27. The summed E-state index contributed by atoms with van der Waals surface area (Å²) in [6.45, 7) is 3.95. The largest absolute Gasteiger partial charge is 0.486 e. The Morgan fingerprint density at radius 1 is 1.21 bits per heavy atom. The first-order valence-corrected chi connectivity index (χ1v) is 9.49. The van der Waals surface area contributed by atoms with Crippen LogP contribution in [0.5, 0.6) is 11.5 Å². The zero-order chi connectivity index (χ0) is 19.3. The lowest BCUT2D eigenvalue weighted by molar-refractivity contribution is 0.0936. The Balaban J connectivity index is 0.00000240. The van der Waals surface area contributed by atoms with Crippen LogP contribution < -0.4 is 20.1 Å². The molecule has 0 amide bonds. The lowest BCUT2D eigenvalue weighted by Crippen LogP contribution is -2.45. The van der Waals surface area contributed by atoms with Crippen molar-refractivity contribution in [2.75, 3.05) is 26.7 Å². The van der Waals surface area contributed by atoms with Gasteiger partial charge in [0.15, 0.2) is 17.5 Å². The molecule has 2 aromatic heterocycles. The molecule has 2 N–H and O–H groups in total. The highest BCUT2D eigenvalue weighted by atomic mass is 127. The monoisotopic (exact) mass is 507 g/mol. The van der Waals surface area contributed by atoms with E-state index in [1.807, 2.05) is 36.5 Å². The summed E-state index contributed by atoms with van der Waals surface area (Å²) in [5.74, 6) is 2.32. The minimum absolute atomic E-state index is 0. The maximum atomic E-state index is 5.96. The average Bonchev–Trinajstić information content (AvgIpc) is 3.15. The highest BCUT2D eigenvalue weighted by Gasteiger charge is 2.20. The molecule has 0 saturated carbocycles. The van der Waals surface area contributed by atoms with Gasteiger partial charge >= 0.3 is 0 Å². The van der Waals surface area contributed by atoms with Crippen molar-refractivity contribution in [3.05, 3.63) is 60.0 Å². The van der Waals surface area contributed by atoms with Crippen molar-refractivity contribution < 1.29 is 9.47 Å². The minimum atomic E-state index is -0.0603. The van der Waals surface area contributed by atoms with Gasteiger partial charge in [-0.2, -0.15) is 0 Å². The molecule has 1 unspecified atom stereocenters. The first-order chi connectivity index (χ1) is 13.7. The van der Waals surface area contributed by atoms with Crippen LogP contribution in [0, 0.1) is 6.92 Å². The molecule has 0 aliphatic carbocycles. The van der Waals surface area contributed by atoms with E-state index < -0.39 is 0 Å². The Morgan fingerprint density at radius 3 is 2.83 bits per heavy atom. The van der Waals surface area contributed by atoms with Gasteiger partial charge in [0, 0.05) is 32.4 Å². The summed E-state index contributed by atoms with van der Waals surface area (Å²) >= 11 is 0. The number of rotatable bonds is 5. The number of fused-ring (bicyclic) bond motifs is 2. The maximum Gasteiger partial charge on any atom is 0.191 e. The van der Waals surface area contributed by atoms with Gasteiger partial charge < -0.3 is 24.5 Å². The van der Waals surface area contributed by atoms with Crippen LogP contribution in [-0.2, 0) is 6.42 Å². The Morgan fingerprint density at radius 2 is 2.03 bits per heavy atom. The molecule has 29 heavy (non-hydrogen) atoms. The Bertz CT molecular complexity index is 988. The molecule has 3 heterocycles. The van der Waals surface area contributed by atoms with Crippen LogP contribution in [0.3, 0.4) is 0 Å². The van der Waals surface area contributed by atoms with Crippen molar-refractivity contribution in [1.82, 2.24) is 20.0 Å². The zero-order valence-corrected chi connectivity index (χ0v) is 18.9. The molecule has 1 atom stereocenters. The van der Waals surface area contributed by atoms with Gasteiger partial charge in [-0.1, -0.05) is 18.2 Å². The van der Waals surface area contributed by atoms with Gasteiger partial charge in [-0.05, 0) is 30.7 Å². The van der Waals surface area contributed by atoms with E-state index in [9.17, 15) is 0 Å². The van der Waals surface area contributed by atoms with Crippen molar-refractivity contribution in [1.29, 1.82) is 0 Å². The van der Waals surface area contributed by atoms with Crippen LogP contribution in [0.15, 0.2) is 53.8 Å². The average molecular weight is 507 g/mol. The fourth-order valence-corrected chi connectivity index (χ4v) is 3.23. The topological polar surface area (TPSA) is 72.2 Å². The van der Waals surface area contributed by atoms with E-state index in [1.165, 1.54) is 5.56 Å². The molecule has 0 radical (unpaired) electrons. The molecular weight excluding hydrogens is 481 g/mol. The number of ether oxygens (including phenoxy) is 2. The van der Waals surface area contributed by atoms with Gasteiger partial charge in [-0.3, -0.25) is 4.99 Å². The molecular formula is C21H26IN5O2. The molecule has 0 spiro atoms. The second-order valence-corrected chi connectivity index (χ2v) is 6.78. The number of aliphatic imine (C=N–C) groups is 1. The van der Waals surface area contributed by atoms with Crippen LogP contribution >= 0.6 is 24.0 Å². The smallest absolute Gasteiger partial charge is 0.191 e. The third kappa shape index (κ3) is 5.11. The van der Waals surface area contributed by atoms with E-state index in [1.54, 1.807) is 7.05 Å². The van der Waals surface area contributed by atoms with E-state index in [4.69, 9.17) is 14.5 Å². The number of guanidine groups is 1. The van der Waals surface area contributed by atoms with Gasteiger partial charge in [-0.15, -0.1) is 24.0 Å². The number of nitrogens with zero attached hydrogens (tertiary/aromatic N) is 3. The van der Waals surface area contributed by atoms with Crippen LogP contribution in [-0.4, -0.2) is 48.2 Å². The second-order valence-electron chi connectivity index (χ2n) is 6.78. The molecule has 1 aliphatic heterocycles. The summed E-state index contributed by atoms with van der Waals surface area (Å²) in [6, 6.07) is 11.8. The van der Waals surface area contributed by atoms with Crippen molar-refractivity contribution in [3.8, 4) is 11.5 Å². The molecule has 0 bridgehead atoms. The van der Waals surface area contributed by atoms with Crippen molar-refractivity contribution in [3.63, 3.8) is 0 Å². The Labute approximate surface area is 187 Å². The normalized spacial score (nSPS) is 15.7. The minimum Gasteiger partial charge on any atom is -0.486 e. The lowest BCUT2D eigenvalue weighted by atomic mass is 10.2. The molecule has 1 aromatic carbocycles. The third-order valence-corrected chi connectivity index (χ3v) is 4.69. The highest BCUT2D eigenvalue weighted by Crippen LogP contribution is 2.30. The summed E-state index contributed by atoms with van der Waals surface area (Å²) in [4.78, 5) is 8.98. The molecule has 0 saturated heterocycles. The van der Waals surface area contributed by atoms with Crippen LogP contribution in [0.1, 0.15) is 11.3 Å². The summed E-state index contributed by atoms with van der Waals surface area (Å²) in [5.41, 5.74) is 3.24. The molecule has 3 aromatic rings. The summed E-state index contributed by atoms with van der Waals surface area (Å²) in [5, 5.41) is 6.63. The highest BCUT2D eigenvalue weighted by molar-refractivity contribution is 14.0. The molecule has 0 fully saturated rings. The van der Waals surface area contributed by atoms with Gasteiger partial charge in [0.25, 0.3) is 0 Å². The number of hydrogen-bond donors (Lipinski definition) is 2. The Hall–Kier alpha value is -2.49. The number of nitrogens with one attached hydrogen (secondary N) is 2. The number of aryl methyl sites for hydroxylation is 1. The van der Waals surface area contributed by atoms with Gasteiger partial charge in [0.05, 0.1) is 12.2 Å². The van der Waals surface area contributed by atoms with Crippen molar-refractivity contribution in [2.45, 2.75) is 19.4 Å². The number of aromatic nitrogens is 2. The summed E-state index contributed by atoms with van der Waals surface area (Å²) in [7, 11) is 1.76. The second kappa shape index (κ2) is 9.82. The fourth-order valence-electron chi connectivity index (χ4n) is 3.23. The van der Waals surface area contributed by atoms with E-state index in [0.717, 1.165) is 41.8 Å². The summed E-state index contributed by atoms with van der Waals surface area (Å²) in [6.07, 6.45) is 4.86. The molecule has 7 nitrogen and oxygen atoms in total. The number of benzene rings is 1. The third-order valence-electron chi connectivity index (χ3n) is 4.69. The van der Waals surface area contributed by atoms with E-state index >= 15 is 0 Å². The SMILES string of the molecule is CN=C(NCCc1cn2cccc(C)c2n1)NCC1COc2ccccc2O1.I. The van der Waals surface area contributed by atoms with E-state index in [2.05, 4.69) is 39.2 Å². The number of pyridine rings is 1. The maximum absolute atomic E-state index is 5.96. The first-order valence-electron chi connectivity index (χ1n) is 9.49. The number of imidazole rings is 1. The first kappa shape index (κ1) is 21.2. The predicted molar refractivity (Wildman–Crippen MR) is 125 cm³/mol. The summed E-state index contributed by atoms with van der Waals surface area (Å²) < 4.78 is 13.8. The molecule has 154 valence electrons. The van der Waals surface area contributed by atoms with Crippen LogP contribution in [0.25, 0.3) is 5.65 Å². The number of hydrogen-bond acceptors (Lipinski definition) is 4. The Kier molecular flexibility index (Phi) is 7.18. The standard InChI is InChI=1S/C21H25N5O2.HI/c1-15-6-5-11-26-13-16(25-20(15)26)9-10-23-21(22-2)24-12-17-14-27-18-7-3-4-8-19(18)28-17;/h3-8,11,13,17H,9-10,12,14H2,1-2H3,(H2,22,23,24);1H. The number of halogens is 1. The predicted octanol–water partition coefficient (Wildman–Crippen LogP) is 2.81. The van der Waals surface area contributed by atoms with Crippen LogP contribution in [0.4, 0.5) is 0 Å². The van der Waals surface area contributed by atoms with Gasteiger partial charge in [0.1, 0.15) is 18.4 Å². The van der Waals surface area contributed by atoms with Gasteiger partial charge in [-0.25, -0.2) is 4.98 Å².